The summed E-state index contributed by atoms with van der Waals surface area (Å²) in [7, 11) is 0. The van der Waals surface area contributed by atoms with Crippen LogP contribution in [0.3, 0.4) is 0 Å². The maximum absolute atomic E-state index is 2.33. The first-order valence-electron chi connectivity index (χ1n) is 13.0. The zero-order chi connectivity index (χ0) is 23.0. The lowest BCUT2D eigenvalue weighted by molar-refractivity contribution is 0.389. The van der Waals surface area contributed by atoms with Crippen molar-refractivity contribution < 1.29 is 0 Å². The van der Waals surface area contributed by atoms with Crippen molar-refractivity contribution in [3.63, 3.8) is 0 Å². The molecule has 0 aliphatic heterocycles. The molecule has 0 fully saturated rings. The van der Waals surface area contributed by atoms with E-state index in [-0.39, 0.29) is 0 Å². The van der Waals surface area contributed by atoms with Gasteiger partial charge in [-0.2, -0.15) is 0 Å². The molecule has 0 spiro atoms. The number of rotatable bonds is 11. The highest BCUT2D eigenvalue weighted by atomic mass is 14.1. The van der Waals surface area contributed by atoms with E-state index in [0.717, 1.165) is 29.6 Å². The van der Waals surface area contributed by atoms with E-state index in [9.17, 15) is 0 Å². The van der Waals surface area contributed by atoms with Gasteiger partial charge < -0.3 is 0 Å². The lowest BCUT2D eigenvalue weighted by Gasteiger charge is -2.12. The van der Waals surface area contributed by atoms with Gasteiger partial charge in [-0.1, -0.05) is 154 Å². The Labute approximate surface area is 184 Å². The molecule has 0 aliphatic carbocycles. The highest BCUT2D eigenvalue weighted by Crippen LogP contribution is 2.14. The summed E-state index contributed by atoms with van der Waals surface area (Å²) in [4.78, 5) is 0. The quantitative estimate of drug-likeness (QED) is 0.323. The zero-order valence-corrected chi connectivity index (χ0v) is 23.0. The van der Waals surface area contributed by atoms with Gasteiger partial charge in [0.15, 0.2) is 0 Å². The minimum absolute atomic E-state index is 0.870. The number of hydrogen-bond donors (Lipinski definition) is 0. The van der Waals surface area contributed by atoms with Gasteiger partial charge in [-0.25, -0.2) is 0 Å². The molecule has 176 valence electrons. The van der Waals surface area contributed by atoms with Gasteiger partial charge in [0.1, 0.15) is 0 Å². The molecule has 0 amide bonds. The molecule has 0 aromatic carbocycles. The highest BCUT2D eigenvalue weighted by Gasteiger charge is 2.03. The predicted molar refractivity (Wildman–Crippen MR) is 137 cm³/mol. The van der Waals surface area contributed by atoms with Crippen LogP contribution in [0.4, 0.5) is 0 Å². The van der Waals surface area contributed by atoms with Crippen molar-refractivity contribution >= 4 is 0 Å². The summed E-state index contributed by atoms with van der Waals surface area (Å²) in [6, 6.07) is 0. The molecule has 0 N–H and O–H groups in total. The second-order valence-corrected chi connectivity index (χ2v) is 10.0. The fourth-order valence-corrected chi connectivity index (χ4v) is 2.68. The van der Waals surface area contributed by atoms with Crippen LogP contribution in [0.2, 0.25) is 0 Å². The average molecular weight is 401 g/mol. The van der Waals surface area contributed by atoms with E-state index in [1.54, 1.807) is 0 Å². The molecule has 0 aliphatic rings. The monoisotopic (exact) mass is 401 g/mol. The Morgan fingerprint density at radius 1 is 0.464 bits per heavy atom. The molecule has 0 heteroatoms. The molecule has 0 aromatic heterocycles. The average Bonchev–Trinajstić information content (AvgIpc) is 2.61. The van der Waals surface area contributed by atoms with Gasteiger partial charge in [0.05, 0.1) is 0 Å². The van der Waals surface area contributed by atoms with Gasteiger partial charge in [0, 0.05) is 0 Å². The molecule has 0 saturated carbocycles. The lowest BCUT2D eigenvalue weighted by Crippen LogP contribution is -2.02. The van der Waals surface area contributed by atoms with E-state index < -0.39 is 0 Å². The van der Waals surface area contributed by atoms with Gasteiger partial charge in [-0.3, -0.25) is 0 Å². The predicted octanol–water partition coefficient (Wildman–Crippen LogP) is 11.2. The van der Waals surface area contributed by atoms with Crippen LogP contribution in [-0.2, 0) is 0 Å². The fraction of sp³-hybridized carbons (Fsp3) is 1.00. The minimum atomic E-state index is 0.870. The van der Waals surface area contributed by atoms with Crippen LogP contribution >= 0.6 is 0 Å². The van der Waals surface area contributed by atoms with Crippen LogP contribution in [0, 0.1) is 29.6 Å². The summed E-state index contributed by atoms with van der Waals surface area (Å²) in [5.74, 6) is 4.54. The Balaban J connectivity index is -0.000000138. The highest BCUT2D eigenvalue weighted by molar-refractivity contribution is 4.54. The van der Waals surface area contributed by atoms with E-state index in [1.165, 1.54) is 64.2 Å². The van der Waals surface area contributed by atoms with Crippen LogP contribution in [-0.4, -0.2) is 0 Å². The van der Waals surface area contributed by atoms with Crippen LogP contribution in [0.25, 0.3) is 0 Å². The van der Waals surface area contributed by atoms with Crippen molar-refractivity contribution in [2.75, 3.05) is 0 Å². The SMILES string of the molecule is CCCC(C)C.CCCC(C)C(C)C.CCCC(C)CC.CCCCC(C)C. The molecule has 0 rings (SSSR count). The third-order valence-electron chi connectivity index (χ3n) is 5.36. The molecule has 28 heavy (non-hydrogen) atoms. The summed E-state index contributed by atoms with van der Waals surface area (Å²) >= 11 is 0. The molecular formula is C28H64. The topological polar surface area (TPSA) is 0 Å². The van der Waals surface area contributed by atoms with Crippen molar-refractivity contribution in [2.24, 2.45) is 29.6 Å². The van der Waals surface area contributed by atoms with Crippen molar-refractivity contribution in [3.05, 3.63) is 0 Å². The molecular weight excluding hydrogens is 336 g/mol. The maximum atomic E-state index is 2.33. The van der Waals surface area contributed by atoms with Crippen molar-refractivity contribution in [3.8, 4) is 0 Å². The Hall–Kier alpha value is 0. The van der Waals surface area contributed by atoms with E-state index in [1.807, 2.05) is 0 Å². The van der Waals surface area contributed by atoms with Gasteiger partial charge in [0.2, 0.25) is 0 Å². The van der Waals surface area contributed by atoms with E-state index in [2.05, 4.69) is 90.0 Å². The van der Waals surface area contributed by atoms with Crippen molar-refractivity contribution in [1.82, 2.24) is 0 Å². The molecule has 2 unspecified atom stereocenters. The summed E-state index contributed by atoms with van der Waals surface area (Å²) in [5.41, 5.74) is 0. The Morgan fingerprint density at radius 3 is 1.00 bits per heavy atom. The van der Waals surface area contributed by atoms with Crippen molar-refractivity contribution in [2.45, 2.75) is 154 Å². The number of unbranched alkanes of at least 4 members (excludes halogenated alkanes) is 1. The summed E-state index contributed by atoms with van der Waals surface area (Å²) in [5, 5.41) is 0. The summed E-state index contributed by atoms with van der Waals surface area (Å²) in [6.45, 7) is 29.5. The van der Waals surface area contributed by atoms with Gasteiger partial charge in [0.25, 0.3) is 0 Å². The van der Waals surface area contributed by atoms with Crippen molar-refractivity contribution in [1.29, 1.82) is 0 Å². The second-order valence-electron chi connectivity index (χ2n) is 10.0. The van der Waals surface area contributed by atoms with E-state index >= 15 is 0 Å². The molecule has 0 saturated heterocycles. The molecule has 0 nitrogen and oxygen atoms in total. The molecule has 0 heterocycles. The first-order chi connectivity index (χ1) is 13.0. The van der Waals surface area contributed by atoms with Crippen LogP contribution < -0.4 is 0 Å². The smallest absolute Gasteiger partial charge is 0.0420 e. The standard InChI is InChI=1S/C8H18.2C7H16.C6H14/c1-5-6-8(4)7(2)3;1-4-5-6-7(2)3;1-4-6-7(3)5-2;1-4-5-6(2)3/h7-8H,5-6H2,1-4H3;2*7H,4-6H2,1-3H3;6H,4-5H2,1-3H3. The van der Waals surface area contributed by atoms with Crippen LogP contribution in [0.15, 0.2) is 0 Å². The largest absolute Gasteiger partial charge is 0.0654 e. The molecule has 0 radical (unpaired) electrons. The fourth-order valence-electron chi connectivity index (χ4n) is 2.68. The van der Waals surface area contributed by atoms with Crippen LogP contribution in [0.1, 0.15) is 154 Å². The third-order valence-corrected chi connectivity index (χ3v) is 5.36. The molecule has 0 bridgehead atoms. The van der Waals surface area contributed by atoms with E-state index in [0.29, 0.717) is 0 Å². The molecule has 0 aromatic rings. The zero-order valence-electron chi connectivity index (χ0n) is 23.0. The van der Waals surface area contributed by atoms with E-state index in [4.69, 9.17) is 0 Å². The first kappa shape index (κ1) is 35.4. The minimum Gasteiger partial charge on any atom is -0.0654 e. The van der Waals surface area contributed by atoms with Gasteiger partial charge >= 0.3 is 0 Å². The van der Waals surface area contributed by atoms with Crippen LogP contribution in [0.5, 0.6) is 0 Å². The Kier molecular flexibility index (Phi) is 37.0. The van der Waals surface area contributed by atoms with Gasteiger partial charge in [-0.15, -0.1) is 0 Å². The first-order valence-corrected chi connectivity index (χ1v) is 13.0. The lowest BCUT2D eigenvalue weighted by atomic mass is 9.94. The third kappa shape index (κ3) is 45.0. The Morgan fingerprint density at radius 2 is 0.893 bits per heavy atom. The second kappa shape index (κ2) is 29.2. The summed E-state index contributed by atoms with van der Waals surface area (Å²) in [6.07, 6.45) is 13.7. The molecule has 2 atom stereocenters. The summed E-state index contributed by atoms with van der Waals surface area (Å²) < 4.78 is 0. The van der Waals surface area contributed by atoms with Gasteiger partial charge in [-0.05, 0) is 29.6 Å². The number of hydrogen-bond acceptors (Lipinski definition) is 0. The maximum Gasteiger partial charge on any atom is -0.0420 e. The Bertz CT molecular complexity index is 226. The normalized spacial score (nSPS) is 12.4.